The summed E-state index contributed by atoms with van der Waals surface area (Å²) in [5, 5.41) is 8.40. The Labute approximate surface area is 90.7 Å². The number of halogens is 3. The molecule has 0 bridgehead atoms. The second kappa shape index (κ2) is 5.01. The van der Waals surface area contributed by atoms with Crippen molar-refractivity contribution in [1.82, 2.24) is 0 Å². The Morgan fingerprint density at radius 2 is 1.94 bits per heavy atom. The molecule has 16 heavy (non-hydrogen) atoms. The number of carbonyl (C=O) groups is 1. The van der Waals surface area contributed by atoms with E-state index in [-0.39, 0.29) is 24.8 Å². The van der Waals surface area contributed by atoms with E-state index < -0.39 is 23.4 Å². The van der Waals surface area contributed by atoms with Crippen molar-refractivity contribution in [3.05, 3.63) is 34.6 Å². The molecule has 0 saturated heterocycles. The highest BCUT2D eigenvalue weighted by molar-refractivity contribution is 5.66. The van der Waals surface area contributed by atoms with Crippen LogP contribution in [0, 0.1) is 24.4 Å². The van der Waals surface area contributed by atoms with E-state index in [4.69, 9.17) is 5.11 Å². The average molecular weight is 232 g/mol. The number of benzene rings is 1. The van der Waals surface area contributed by atoms with Gasteiger partial charge in [-0.25, -0.2) is 13.2 Å². The van der Waals surface area contributed by atoms with Crippen LogP contribution in [0.25, 0.3) is 0 Å². The molecule has 1 aromatic rings. The number of rotatable bonds is 4. The monoisotopic (exact) mass is 232 g/mol. The Kier molecular flexibility index (Phi) is 3.93. The molecule has 0 amide bonds. The van der Waals surface area contributed by atoms with Crippen LogP contribution >= 0.6 is 0 Å². The first-order valence-electron chi connectivity index (χ1n) is 4.78. The third-order valence-corrected chi connectivity index (χ3v) is 2.30. The molecule has 1 rings (SSSR count). The van der Waals surface area contributed by atoms with Crippen molar-refractivity contribution in [1.29, 1.82) is 0 Å². The number of aryl methyl sites for hydroxylation is 1. The van der Waals surface area contributed by atoms with Crippen LogP contribution in [0.5, 0.6) is 0 Å². The average Bonchev–Trinajstić information content (AvgIpc) is 2.19. The van der Waals surface area contributed by atoms with Gasteiger partial charge in [-0.05, 0) is 37.0 Å². The van der Waals surface area contributed by atoms with Crippen molar-refractivity contribution < 1.29 is 23.1 Å². The van der Waals surface area contributed by atoms with Crippen molar-refractivity contribution in [2.45, 2.75) is 26.2 Å². The van der Waals surface area contributed by atoms with E-state index in [9.17, 15) is 18.0 Å². The first-order chi connectivity index (χ1) is 7.43. The smallest absolute Gasteiger partial charge is 0.303 e. The van der Waals surface area contributed by atoms with E-state index in [0.717, 1.165) is 6.07 Å². The van der Waals surface area contributed by atoms with Crippen LogP contribution in [0.1, 0.15) is 24.0 Å². The summed E-state index contributed by atoms with van der Waals surface area (Å²) in [4.78, 5) is 10.3. The lowest BCUT2D eigenvalue weighted by Crippen LogP contribution is -2.03. The molecule has 2 nitrogen and oxygen atoms in total. The minimum atomic E-state index is -1.50. The van der Waals surface area contributed by atoms with Gasteiger partial charge in [0.15, 0.2) is 17.5 Å². The Morgan fingerprint density at radius 3 is 2.50 bits per heavy atom. The van der Waals surface area contributed by atoms with E-state index in [1.54, 1.807) is 0 Å². The quantitative estimate of drug-likeness (QED) is 0.810. The molecule has 0 aliphatic rings. The lowest BCUT2D eigenvalue weighted by molar-refractivity contribution is -0.137. The highest BCUT2D eigenvalue weighted by Crippen LogP contribution is 2.21. The number of aliphatic carboxylic acids is 1. The van der Waals surface area contributed by atoms with Gasteiger partial charge in [0, 0.05) is 6.42 Å². The van der Waals surface area contributed by atoms with Crippen molar-refractivity contribution in [3.8, 4) is 0 Å². The molecule has 0 atom stereocenters. The molecular weight excluding hydrogens is 221 g/mol. The van der Waals surface area contributed by atoms with Crippen LogP contribution in [0.3, 0.4) is 0 Å². The first-order valence-corrected chi connectivity index (χ1v) is 4.78. The number of hydrogen-bond acceptors (Lipinski definition) is 1. The molecule has 0 aliphatic carbocycles. The van der Waals surface area contributed by atoms with Gasteiger partial charge in [0.25, 0.3) is 0 Å². The van der Waals surface area contributed by atoms with Gasteiger partial charge in [-0.3, -0.25) is 4.79 Å². The maximum atomic E-state index is 13.3. The van der Waals surface area contributed by atoms with E-state index in [1.807, 2.05) is 0 Å². The van der Waals surface area contributed by atoms with Crippen LogP contribution in [0.4, 0.5) is 13.2 Å². The third kappa shape index (κ3) is 2.74. The van der Waals surface area contributed by atoms with Crippen molar-refractivity contribution in [2.24, 2.45) is 0 Å². The zero-order valence-corrected chi connectivity index (χ0v) is 8.69. The van der Waals surface area contributed by atoms with E-state index in [2.05, 4.69) is 0 Å². The zero-order chi connectivity index (χ0) is 12.3. The normalized spacial score (nSPS) is 10.5. The maximum Gasteiger partial charge on any atom is 0.303 e. The van der Waals surface area contributed by atoms with Crippen LogP contribution in [-0.2, 0) is 11.2 Å². The summed E-state index contributed by atoms with van der Waals surface area (Å²) in [6.07, 6.45) is 0.150. The predicted molar refractivity (Wildman–Crippen MR) is 51.6 cm³/mol. The topological polar surface area (TPSA) is 37.3 Å². The molecule has 88 valence electrons. The molecule has 5 heteroatoms. The molecule has 0 aliphatic heterocycles. The van der Waals surface area contributed by atoms with Crippen LogP contribution in [0.2, 0.25) is 0 Å². The van der Waals surface area contributed by atoms with Crippen LogP contribution in [-0.4, -0.2) is 11.1 Å². The minimum absolute atomic E-state index is 0.0418. The van der Waals surface area contributed by atoms with Crippen molar-refractivity contribution >= 4 is 5.97 Å². The lowest BCUT2D eigenvalue weighted by Gasteiger charge is -2.08. The fraction of sp³-hybridized carbons (Fsp3) is 0.364. The van der Waals surface area contributed by atoms with Gasteiger partial charge in [0.05, 0.1) is 0 Å². The Bertz CT molecular complexity index is 416. The molecule has 0 unspecified atom stereocenters. The van der Waals surface area contributed by atoms with E-state index in [1.165, 1.54) is 6.92 Å². The second-order valence-electron chi connectivity index (χ2n) is 3.53. The van der Waals surface area contributed by atoms with E-state index in [0.29, 0.717) is 5.56 Å². The van der Waals surface area contributed by atoms with Gasteiger partial charge in [-0.15, -0.1) is 0 Å². The van der Waals surface area contributed by atoms with Gasteiger partial charge in [0.2, 0.25) is 0 Å². The summed E-state index contributed by atoms with van der Waals surface area (Å²) in [7, 11) is 0. The molecule has 1 N–H and O–H groups in total. The number of carboxylic acids is 1. The van der Waals surface area contributed by atoms with Crippen molar-refractivity contribution in [2.75, 3.05) is 0 Å². The maximum absolute atomic E-state index is 13.3. The van der Waals surface area contributed by atoms with Gasteiger partial charge < -0.3 is 5.11 Å². The predicted octanol–water partition coefficient (Wildman–Crippen LogP) is 2.82. The molecule has 0 radical (unpaired) electrons. The molecule has 0 aromatic heterocycles. The van der Waals surface area contributed by atoms with Crippen LogP contribution < -0.4 is 0 Å². The number of carboxylic acid groups (broad SMARTS) is 1. The summed E-state index contributed by atoms with van der Waals surface area (Å²) in [6.45, 7) is 1.46. The second-order valence-corrected chi connectivity index (χ2v) is 3.53. The Balaban J connectivity index is 2.87. The molecule has 0 spiro atoms. The highest BCUT2D eigenvalue weighted by Gasteiger charge is 2.16. The minimum Gasteiger partial charge on any atom is -0.481 e. The molecule has 0 heterocycles. The highest BCUT2D eigenvalue weighted by atomic mass is 19.2. The fourth-order valence-electron chi connectivity index (χ4n) is 1.47. The summed E-state index contributed by atoms with van der Waals surface area (Å²) >= 11 is 0. The molecular formula is C11H11F3O2. The SMILES string of the molecule is Cc1cc(F)c(F)c(F)c1CCCC(=O)O. The van der Waals surface area contributed by atoms with E-state index >= 15 is 0 Å². The number of hydrogen-bond donors (Lipinski definition) is 1. The Hall–Kier alpha value is -1.52. The fourth-order valence-corrected chi connectivity index (χ4v) is 1.47. The third-order valence-electron chi connectivity index (χ3n) is 2.30. The van der Waals surface area contributed by atoms with Crippen molar-refractivity contribution in [3.63, 3.8) is 0 Å². The zero-order valence-electron chi connectivity index (χ0n) is 8.69. The summed E-state index contributed by atoms with van der Waals surface area (Å²) in [5.41, 5.74) is 0.335. The standard InChI is InChI=1S/C11H11F3O2/c1-6-5-8(12)11(14)10(13)7(6)3-2-4-9(15)16/h5H,2-4H2,1H3,(H,15,16). The Morgan fingerprint density at radius 1 is 1.31 bits per heavy atom. The first kappa shape index (κ1) is 12.5. The van der Waals surface area contributed by atoms with Gasteiger partial charge in [-0.2, -0.15) is 0 Å². The van der Waals surface area contributed by atoms with Gasteiger partial charge in [0.1, 0.15) is 0 Å². The van der Waals surface area contributed by atoms with Crippen LogP contribution in [0.15, 0.2) is 6.07 Å². The molecule has 1 aromatic carbocycles. The lowest BCUT2D eigenvalue weighted by atomic mass is 10.0. The van der Waals surface area contributed by atoms with Gasteiger partial charge >= 0.3 is 5.97 Å². The van der Waals surface area contributed by atoms with Gasteiger partial charge in [-0.1, -0.05) is 0 Å². The summed E-state index contributed by atoms with van der Waals surface area (Å²) < 4.78 is 38.9. The molecule has 0 fully saturated rings. The largest absolute Gasteiger partial charge is 0.481 e. The molecule has 0 saturated carbocycles. The summed E-state index contributed by atoms with van der Waals surface area (Å²) in [6, 6.07) is 0.911. The summed E-state index contributed by atoms with van der Waals surface area (Å²) in [5.74, 6) is -4.95.